The molecule has 0 aliphatic heterocycles. The standard InChI is InChI=1S/C48H28S2/c1-2-10-29(11-3-1)30-18-20-32(21-19-30)46-36-14-6-8-16-38(36)47(39-17-9-7-15-37(39)46)33-22-24-35-40-27-41-45(28-44(40)50-43(35)26-33)49-42-25-23-31-12-4-5-13-34(31)48(41)42/h1-28H. The molecule has 11 aromatic rings. The lowest BCUT2D eigenvalue weighted by molar-refractivity contribution is 1.61. The summed E-state index contributed by atoms with van der Waals surface area (Å²) in [6.07, 6.45) is 0. The van der Waals surface area contributed by atoms with Crippen molar-refractivity contribution in [3.63, 3.8) is 0 Å². The Balaban J connectivity index is 1.11. The van der Waals surface area contributed by atoms with Gasteiger partial charge in [0.25, 0.3) is 0 Å². The van der Waals surface area contributed by atoms with Crippen LogP contribution in [0.1, 0.15) is 0 Å². The summed E-state index contributed by atoms with van der Waals surface area (Å²) >= 11 is 3.83. The van der Waals surface area contributed by atoms with E-state index in [0.717, 1.165) is 0 Å². The molecule has 0 aliphatic rings. The van der Waals surface area contributed by atoms with E-state index in [4.69, 9.17) is 0 Å². The normalized spacial score (nSPS) is 12.0. The van der Waals surface area contributed by atoms with Gasteiger partial charge >= 0.3 is 0 Å². The van der Waals surface area contributed by atoms with E-state index < -0.39 is 0 Å². The van der Waals surface area contributed by atoms with Gasteiger partial charge in [-0.1, -0.05) is 146 Å². The third kappa shape index (κ3) is 4.16. The van der Waals surface area contributed by atoms with Crippen LogP contribution in [0.25, 0.3) is 106 Å². The Morgan fingerprint density at radius 3 is 1.50 bits per heavy atom. The fraction of sp³-hybridized carbons (Fsp3) is 0. The maximum atomic E-state index is 2.46. The minimum absolute atomic E-state index is 1.23. The minimum Gasteiger partial charge on any atom is -0.135 e. The summed E-state index contributed by atoms with van der Waals surface area (Å²) in [4.78, 5) is 0. The molecule has 0 spiro atoms. The number of hydrogen-bond acceptors (Lipinski definition) is 2. The Bertz CT molecular complexity index is 3070. The Hall–Kier alpha value is -5.80. The molecule has 232 valence electrons. The molecule has 0 saturated carbocycles. The molecule has 0 nitrogen and oxygen atoms in total. The number of fused-ring (bicyclic) bond motifs is 10. The lowest BCUT2D eigenvalue weighted by atomic mass is 9.85. The van der Waals surface area contributed by atoms with Crippen LogP contribution in [0.3, 0.4) is 0 Å². The quantitative estimate of drug-likeness (QED) is 0.164. The van der Waals surface area contributed by atoms with Gasteiger partial charge in [-0.15, -0.1) is 22.7 Å². The van der Waals surface area contributed by atoms with Crippen LogP contribution in [0, 0.1) is 0 Å². The van der Waals surface area contributed by atoms with Crippen LogP contribution < -0.4 is 0 Å². The summed E-state index contributed by atoms with van der Waals surface area (Å²) in [5.74, 6) is 0. The van der Waals surface area contributed by atoms with E-state index in [1.54, 1.807) is 0 Å². The summed E-state index contributed by atoms with van der Waals surface area (Å²) in [7, 11) is 0. The zero-order chi connectivity index (χ0) is 32.8. The van der Waals surface area contributed by atoms with Gasteiger partial charge in [0.2, 0.25) is 0 Å². The van der Waals surface area contributed by atoms with Crippen LogP contribution in [-0.2, 0) is 0 Å². The van der Waals surface area contributed by atoms with Crippen molar-refractivity contribution in [2.24, 2.45) is 0 Å². The highest BCUT2D eigenvalue weighted by atomic mass is 32.1. The van der Waals surface area contributed by atoms with Crippen LogP contribution in [0.15, 0.2) is 170 Å². The Kier molecular flexibility index (Phi) is 6.09. The molecular formula is C48H28S2. The van der Waals surface area contributed by atoms with Crippen LogP contribution in [-0.4, -0.2) is 0 Å². The molecule has 0 unspecified atom stereocenters. The van der Waals surface area contributed by atoms with E-state index in [0.29, 0.717) is 0 Å². The third-order valence-electron chi connectivity index (χ3n) is 10.5. The molecule has 0 bridgehead atoms. The summed E-state index contributed by atoms with van der Waals surface area (Å²) in [5.41, 5.74) is 7.57. The molecule has 0 atom stereocenters. The van der Waals surface area contributed by atoms with Crippen molar-refractivity contribution in [2.75, 3.05) is 0 Å². The van der Waals surface area contributed by atoms with Gasteiger partial charge in [-0.2, -0.15) is 0 Å². The maximum absolute atomic E-state index is 2.46. The maximum Gasteiger partial charge on any atom is 0.0370 e. The van der Waals surface area contributed by atoms with Crippen LogP contribution in [0.2, 0.25) is 0 Å². The molecule has 0 aliphatic carbocycles. The van der Waals surface area contributed by atoms with Crippen molar-refractivity contribution in [1.82, 2.24) is 0 Å². The Morgan fingerprint density at radius 2 is 0.780 bits per heavy atom. The topological polar surface area (TPSA) is 0 Å². The van der Waals surface area contributed by atoms with E-state index in [1.807, 2.05) is 22.7 Å². The predicted octanol–water partition coefficient (Wildman–Crippen LogP) is 14.9. The average Bonchev–Trinajstić information content (AvgIpc) is 3.73. The smallest absolute Gasteiger partial charge is 0.0370 e. The predicted molar refractivity (Wildman–Crippen MR) is 221 cm³/mol. The second kappa shape index (κ2) is 10.9. The molecular weight excluding hydrogens is 641 g/mol. The summed E-state index contributed by atoms with van der Waals surface area (Å²) in [6, 6.07) is 63.0. The van der Waals surface area contributed by atoms with Crippen molar-refractivity contribution < 1.29 is 0 Å². The van der Waals surface area contributed by atoms with Gasteiger partial charge in [0, 0.05) is 40.3 Å². The van der Waals surface area contributed by atoms with Gasteiger partial charge in [0.1, 0.15) is 0 Å². The van der Waals surface area contributed by atoms with Crippen molar-refractivity contribution in [2.45, 2.75) is 0 Å². The highest BCUT2D eigenvalue weighted by molar-refractivity contribution is 7.28. The molecule has 2 heterocycles. The van der Waals surface area contributed by atoms with Crippen molar-refractivity contribution in [3.8, 4) is 33.4 Å². The van der Waals surface area contributed by atoms with Crippen LogP contribution in [0.4, 0.5) is 0 Å². The fourth-order valence-electron chi connectivity index (χ4n) is 8.18. The van der Waals surface area contributed by atoms with Gasteiger partial charge < -0.3 is 0 Å². The molecule has 0 saturated heterocycles. The Labute approximate surface area is 297 Å². The van der Waals surface area contributed by atoms with E-state index >= 15 is 0 Å². The van der Waals surface area contributed by atoms with Gasteiger partial charge in [-0.3, -0.25) is 0 Å². The van der Waals surface area contributed by atoms with Gasteiger partial charge in [0.05, 0.1) is 0 Å². The lowest BCUT2D eigenvalue weighted by Gasteiger charge is -2.18. The largest absolute Gasteiger partial charge is 0.135 e. The van der Waals surface area contributed by atoms with Crippen LogP contribution >= 0.6 is 22.7 Å². The number of thiophene rings is 2. The molecule has 11 rings (SSSR count). The number of rotatable bonds is 3. The van der Waals surface area contributed by atoms with Gasteiger partial charge in [-0.05, 0) is 90.0 Å². The lowest BCUT2D eigenvalue weighted by Crippen LogP contribution is -1.90. The van der Waals surface area contributed by atoms with Crippen molar-refractivity contribution in [3.05, 3.63) is 170 Å². The molecule has 2 heteroatoms. The first-order valence-corrected chi connectivity index (χ1v) is 18.7. The third-order valence-corrected chi connectivity index (χ3v) is 12.7. The first kappa shape index (κ1) is 28.1. The van der Waals surface area contributed by atoms with Gasteiger partial charge in [-0.25, -0.2) is 0 Å². The number of hydrogen-bond donors (Lipinski definition) is 0. The van der Waals surface area contributed by atoms with Crippen molar-refractivity contribution >= 4 is 95.3 Å². The average molecular weight is 669 g/mol. The SMILES string of the molecule is c1ccc(-c2ccc(-c3c4ccccc4c(-c4ccc5c(c4)sc4cc6sc7ccc8ccccc8c7c6cc45)c4ccccc34)cc2)cc1. The molecule has 2 aromatic heterocycles. The first-order chi connectivity index (χ1) is 24.8. The second-order valence-electron chi connectivity index (χ2n) is 13.2. The molecule has 0 N–H and O–H groups in total. The van der Waals surface area contributed by atoms with Crippen LogP contribution in [0.5, 0.6) is 0 Å². The molecule has 0 radical (unpaired) electrons. The van der Waals surface area contributed by atoms with Gasteiger partial charge in [0.15, 0.2) is 0 Å². The zero-order valence-corrected chi connectivity index (χ0v) is 28.6. The molecule has 50 heavy (non-hydrogen) atoms. The highest BCUT2D eigenvalue weighted by Crippen LogP contribution is 2.47. The molecule has 9 aromatic carbocycles. The van der Waals surface area contributed by atoms with E-state index in [2.05, 4.69) is 170 Å². The zero-order valence-electron chi connectivity index (χ0n) is 27.0. The summed E-state index contributed by atoms with van der Waals surface area (Å²) in [6.45, 7) is 0. The van der Waals surface area contributed by atoms with Crippen molar-refractivity contribution in [1.29, 1.82) is 0 Å². The second-order valence-corrected chi connectivity index (χ2v) is 15.4. The van der Waals surface area contributed by atoms with E-state index in [-0.39, 0.29) is 0 Å². The monoisotopic (exact) mass is 668 g/mol. The molecule has 0 amide bonds. The number of benzene rings is 9. The summed E-state index contributed by atoms with van der Waals surface area (Å²) in [5, 5.41) is 13.2. The minimum atomic E-state index is 1.23. The highest BCUT2D eigenvalue weighted by Gasteiger charge is 2.18. The summed E-state index contributed by atoms with van der Waals surface area (Å²) < 4.78 is 5.40. The fourth-order valence-corrected chi connectivity index (χ4v) is 10.6. The van der Waals surface area contributed by atoms with E-state index in [1.165, 1.54) is 106 Å². The molecule has 0 fully saturated rings. The first-order valence-electron chi connectivity index (χ1n) is 17.1. The Morgan fingerprint density at radius 1 is 0.260 bits per heavy atom. The van der Waals surface area contributed by atoms with E-state index in [9.17, 15) is 0 Å².